The monoisotopic (exact) mass is 486 g/mol. The van der Waals surface area contributed by atoms with Crippen molar-refractivity contribution in [2.75, 3.05) is 11.9 Å². The summed E-state index contributed by atoms with van der Waals surface area (Å²) in [6.45, 7) is -0.344. The van der Waals surface area contributed by atoms with E-state index in [0.717, 1.165) is 36.4 Å². The van der Waals surface area contributed by atoms with E-state index >= 15 is 0 Å². The number of aromatic nitrogens is 5. The minimum absolute atomic E-state index is 0.00468. The molecule has 0 spiro atoms. The van der Waals surface area contributed by atoms with E-state index in [2.05, 4.69) is 20.5 Å². The van der Waals surface area contributed by atoms with Gasteiger partial charge >= 0.3 is 0 Å². The maximum atomic E-state index is 13.8. The van der Waals surface area contributed by atoms with Gasteiger partial charge in [0.1, 0.15) is 6.04 Å². The second-order valence-corrected chi connectivity index (χ2v) is 8.52. The average Bonchev–Trinajstić information content (AvgIpc) is 3.51. The topological polar surface area (TPSA) is 144 Å². The van der Waals surface area contributed by atoms with Crippen LogP contribution in [0.2, 0.25) is 0 Å². The summed E-state index contributed by atoms with van der Waals surface area (Å²) in [7, 11) is 0. The molecule has 1 aliphatic carbocycles. The molecule has 12 heteroatoms. The highest BCUT2D eigenvalue weighted by Crippen LogP contribution is 2.32. The van der Waals surface area contributed by atoms with Crippen molar-refractivity contribution in [3.63, 3.8) is 0 Å². The lowest BCUT2D eigenvalue weighted by Crippen LogP contribution is -2.36. The predicted octanol–water partition coefficient (Wildman–Crippen LogP) is 1.88. The Bertz CT molecular complexity index is 1210. The number of hydrogen-bond donors (Lipinski definition) is 3. The lowest BCUT2D eigenvalue weighted by Gasteiger charge is -2.21. The Hall–Kier alpha value is -3.64. The number of pyridine rings is 1. The van der Waals surface area contributed by atoms with Crippen LogP contribution >= 0.6 is 0 Å². The first-order valence-electron chi connectivity index (χ1n) is 11.4. The fourth-order valence-corrected chi connectivity index (χ4v) is 4.14. The maximum Gasteiger partial charge on any atom is 0.271 e. The second-order valence-electron chi connectivity index (χ2n) is 8.52. The number of aliphatic hydroxyl groups is 2. The SMILES string of the molecule is O=C(Nc1ccn(CC(O)CO)n1)C(CC1CCCC1)n1ncc(Oc2ncccc2F)cc1=O. The molecule has 3 aromatic rings. The highest BCUT2D eigenvalue weighted by atomic mass is 19.1. The molecule has 0 aromatic carbocycles. The molecular formula is C23H27FN6O5. The van der Waals surface area contributed by atoms with Crippen molar-refractivity contribution in [2.24, 2.45) is 5.92 Å². The standard InChI is InChI=1S/C23H27FN6O5/c24-18-6-3-8-25-23(18)35-17-11-21(33)30(26-12-17)19(10-15-4-1-2-5-15)22(34)27-20-7-9-29(28-20)13-16(32)14-31/h3,6-9,11-12,15-16,19,31-32H,1-2,4-5,10,13-14H2,(H,27,28,34). The Kier molecular flexibility index (Phi) is 7.83. The molecule has 1 saturated carbocycles. The molecule has 0 saturated heterocycles. The predicted molar refractivity (Wildman–Crippen MR) is 122 cm³/mol. The van der Waals surface area contributed by atoms with Crippen molar-refractivity contribution in [1.82, 2.24) is 24.5 Å². The Balaban J connectivity index is 1.53. The van der Waals surface area contributed by atoms with E-state index in [1.54, 1.807) is 12.3 Å². The van der Waals surface area contributed by atoms with Gasteiger partial charge in [-0.3, -0.25) is 14.3 Å². The largest absolute Gasteiger partial charge is 0.435 e. The number of anilines is 1. The maximum absolute atomic E-state index is 13.8. The van der Waals surface area contributed by atoms with Gasteiger partial charge in [0.05, 0.1) is 25.5 Å². The molecule has 2 unspecified atom stereocenters. The summed E-state index contributed by atoms with van der Waals surface area (Å²) in [6, 6.07) is 4.41. The number of nitrogens with one attached hydrogen (secondary N) is 1. The second kappa shape index (κ2) is 11.2. The number of hydrogen-bond acceptors (Lipinski definition) is 8. The number of halogens is 1. The number of amides is 1. The summed E-state index contributed by atoms with van der Waals surface area (Å²) in [4.78, 5) is 29.9. The minimum Gasteiger partial charge on any atom is -0.435 e. The van der Waals surface area contributed by atoms with E-state index in [-0.39, 0.29) is 29.9 Å². The van der Waals surface area contributed by atoms with Gasteiger partial charge in [-0.05, 0) is 24.5 Å². The number of carbonyl (C=O) groups excluding carboxylic acids is 1. The van der Waals surface area contributed by atoms with Gasteiger partial charge in [-0.25, -0.2) is 14.1 Å². The van der Waals surface area contributed by atoms with Gasteiger partial charge in [-0.15, -0.1) is 0 Å². The van der Waals surface area contributed by atoms with E-state index in [0.29, 0.717) is 6.42 Å². The van der Waals surface area contributed by atoms with Crippen molar-refractivity contribution in [3.8, 4) is 11.6 Å². The first kappa shape index (κ1) is 24.5. The van der Waals surface area contributed by atoms with Crippen LogP contribution in [0.1, 0.15) is 38.1 Å². The molecule has 186 valence electrons. The molecule has 4 rings (SSSR count). The number of rotatable bonds is 10. The van der Waals surface area contributed by atoms with Crippen molar-refractivity contribution in [3.05, 3.63) is 59.0 Å². The zero-order valence-electron chi connectivity index (χ0n) is 19.0. The van der Waals surface area contributed by atoms with Gasteiger partial charge in [0, 0.05) is 24.5 Å². The molecule has 0 aliphatic heterocycles. The Labute approximate surface area is 200 Å². The summed E-state index contributed by atoms with van der Waals surface area (Å²) in [6.07, 6.45) is 7.69. The molecular weight excluding hydrogens is 459 g/mol. The molecule has 1 amide bonds. The van der Waals surface area contributed by atoms with Gasteiger partial charge in [0.25, 0.3) is 17.3 Å². The lowest BCUT2D eigenvalue weighted by molar-refractivity contribution is -0.120. The van der Waals surface area contributed by atoms with Crippen LogP contribution in [0.15, 0.2) is 47.7 Å². The molecule has 11 nitrogen and oxygen atoms in total. The lowest BCUT2D eigenvalue weighted by atomic mass is 9.98. The third kappa shape index (κ3) is 6.28. The number of ether oxygens (including phenoxy) is 1. The number of nitrogens with zero attached hydrogens (tertiary/aromatic N) is 5. The number of carbonyl (C=O) groups is 1. The van der Waals surface area contributed by atoms with Gasteiger partial charge in [0.15, 0.2) is 17.4 Å². The van der Waals surface area contributed by atoms with E-state index in [1.165, 1.54) is 29.2 Å². The van der Waals surface area contributed by atoms with Crippen LogP contribution in [0, 0.1) is 11.7 Å². The smallest absolute Gasteiger partial charge is 0.271 e. The zero-order valence-corrected chi connectivity index (χ0v) is 19.0. The van der Waals surface area contributed by atoms with Crippen LogP contribution in [0.5, 0.6) is 11.6 Å². The van der Waals surface area contributed by atoms with Crippen LogP contribution in [0.4, 0.5) is 10.2 Å². The first-order chi connectivity index (χ1) is 16.9. The van der Waals surface area contributed by atoms with Crippen LogP contribution in [-0.4, -0.2) is 53.4 Å². The van der Waals surface area contributed by atoms with Crippen LogP contribution < -0.4 is 15.6 Å². The van der Waals surface area contributed by atoms with Crippen molar-refractivity contribution in [1.29, 1.82) is 0 Å². The Morgan fingerprint density at radius 3 is 2.83 bits per heavy atom. The van der Waals surface area contributed by atoms with Gasteiger partial charge in [-0.2, -0.15) is 10.2 Å². The summed E-state index contributed by atoms with van der Waals surface area (Å²) in [5.41, 5.74) is -0.575. The molecule has 1 aliphatic rings. The van der Waals surface area contributed by atoms with Crippen LogP contribution in [0.25, 0.3) is 0 Å². The molecule has 3 aromatic heterocycles. The normalized spacial score (nSPS) is 15.6. The summed E-state index contributed by atoms with van der Waals surface area (Å²) >= 11 is 0. The molecule has 0 bridgehead atoms. The Morgan fingerprint density at radius 1 is 1.31 bits per heavy atom. The number of aliphatic hydroxyl groups excluding tert-OH is 2. The molecule has 3 heterocycles. The first-order valence-corrected chi connectivity index (χ1v) is 11.4. The van der Waals surface area contributed by atoms with Crippen LogP contribution in [-0.2, 0) is 11.3 Å². The van der Waals surface area contributed by atoms with Gasteiger partial charge in [0.2, 0.25) is 0 Å². The molecule has 3 N–H and O–H groups in total. The zero-order chi connectivity index (χ0) is 24.8. The molecule has 1 fully saturated rings. The fourth-order valence-electron chi connectivity index (χ4n) is 4.14. The third-order valence-electron chi connectivity index (χ3n) is 5.87. The fraction of sp³-hybridized carbons (Fsp3) is 0.435. The van der Waals surface area contributed by atoms with Crippen molar-refractivity contribution in [2.45, 2.75) is 50.8 Å². The van der Waals surface area contributed by atoms with E-state index in [1.807, 2.05) is 0 Å². The molecule has 35 heavy (non-hydrogen) atoms. The van der Waals surface area contributed by atoms with Crippen molar-refractivity contribution < 1.29 is 24.1 Å². The summed E-state index contributed by atoms with van der Waals surface area (Å²) in [5.74, 6) is -0.894. The van der Waals surface area contributed by atoms with Crippen molar-refractivity contribution >= 4 is 11.7 Å². The van der Waals surface area contributed by atoms with Gasteiger partial charge < -0.3 is 20.3 Å². The Morgan fingerprint density at radius 2 is 2.11 bits per heavy atom. The highest BCUT2D eigenvalue weighted by molar-refractivity contribution is 5.92. The average molecular weight is 487 g/mol. The quantitative estimate of drug-likeness (QED) is 0.394. The van der Waals surface area contributed by atoms with Gasteiger partial charge in [-0.1, -0.05) is 25.7 Å². The van der Waals surface area contributed by atoms with E-state index in [9.17, 15) is 19.1 Å². The van der Waals surface area contributed by atoms with Crippen LogP contribution in [0.3, 0.4) is 0 Å². The summed E-state index contributed by atoms with van der Waals surface area (Å²) in [5, 5.41) is 29.6. The van der Waals surface area contributed by atoms with E-state index < -0.39 is 36.0 Å². The molecule has 0 radical (unpaired) electrons. The highest BCUT2D eigenvalue weighted by Gasteiger charge is 2.29. The minimum atomic E-state index is -0.975. The molecule has 2 atom stereocenters. The van der Waals surface area contributed by atoms with E-state index in [4.69, 9.17) is 9.84 Å². The summed E-state index contributed by atoms with van der Waals surface area (Å²) < 4.78 is 21.7. The third-order valence-corrected chi connectivity index (χ3v) is 5.87.